The predicted octanol–water partition coefficient (Wildman–Crippen LogP) is 3.36. The van der Waals surface area contributed by atoms with Gasteiger partial charge in [-0.1, -0.05) is 29.3 Å². The van der Waals surface area contributed by atoms with E-state index in [2.05, 4.69) is 15.6 Å². The molecule has 3 N–H and O–H groups in total. The molecule has 1 aromatic heterocycles. The van der Waals surface area contributed by atoms with Crippen LogP contribution in [0.15, 0.2) is 47.6 Å². The van der Waals surface area contributed by atoms with Gasteiger partial charge in [0.2, 0.25) is 11.8 Å². The van der Waals surface area contributed by atoms with Crippen LogP contribution in [0.25, 0.3) is 6.08 Å². The second-order valence-electron chi connectivity index (χ2n) is 8.26. The smallest absolute Gasteiger partial charge is 0.328 e. The fourth-order valence-corrected chi connectivity index (χ4v) is 4.92. The molecule has 12 heteroatoms. The van der Waals surface area contributed by atoms with Crippen molar-refractivity contribution in [3.63, 3.8) is 0 Å². The van der Waals surface area contributed by atoms with Crippen LogP contribution in [-0.4, -0.2) is 70.6 Å². The second kappa shape index (κ2) is 13.5. The summed E-state index contributed by atoms with van der Waals surface area (Å²) in [5, 5.41) is 15.3. The number of likely N-dealkylation sites (tertiary alicyclic amines) is 1. The molecule has 1 atom stereocenters. The van der Waals surface area contributed by atoms with Gasteiger partial charge < -0.3 is 20.6 Å². The molecule has 0 spiro atoms. The zero-order chi connectivity index (χ0) is 26.9. The maximum Gasteiger partial charge on any atom is 0.328 e. The normalized spacial score (nSPS) is 14.8. The van der Waals surface area contributed by atoms with Gasteiger partial charge in [0.25, 0.3) is 5.91 Å². The number of nitrogens with one attached hydrogen (secondary N) is 2. The van der Waals surface area contributed by atoms with Crippen molar-refractivity contribution in [1.29, 1.82) is 0 Å². The van der Waals surface area contributed by atoms with Crippen LogP contribution >= 0.6 is 35.0 Å². The van der Waals surface area contributed by atoms with Crippen molar-refractivity contribution >= 4 is 64.7 Å². The van der Waals surface area contributed by atoms with E-state index in [-0.39, 0.29) is 12.5 Å². The number of benzene rings is 1. The molecule has 2 aromatic rings. The number of pyridine rings is 1. The highest BCUT2D eigenvalue weighted by Gasteiger charge is 2.30. The lowest BCUT2D eigenvalue weighted by Crippen LogP contribution is -2.51. The van der Waals surface area contributed by atoms with Crippen molar-refractivity contribution < 1.29 is 24.3 Å². The molecule has 0 bridgehead atoms. The number of aliphatic carboxylic acids is 1. The number of nitrogens with zero attached hydrogens (tertiary/aromatic N) is 2. The molecular weight excluding hydrogens is 539 g/mol. The number of aromatic nitrogens is 1. The average Bonchev–Trinajstić information content (AvgIpc) is 2.91. The summed E-state index contributed by atoms with van der Waals surface area (Å²) in [5.41, 5.74) is 0.960. The van der Waals surface area contributed by atoms with E-state index in [4.69, 9.17) is 23.2 Å². The summed E-state index contributed by atoms with van der Waals surface area (Å²) in [6.07, 6.45) is 8.59. The van der Waals surface area contributed by atoms with Crippen molar-refractivity contribution in [1.82, 2.24) is 20.5 Å². The second-order valence-corrected chi connectivity index (χ2v) is 9.87. The van der Waals surface area contributed by atoms with Gasteiger partial charge in [-0.15, -0.1) is 11.8 Å². The molecule has 3 amide bonds. The standard InChI is InChI=1S/C25H26Cl2N4O5S/c1-37-19-4-2-15(21(26)22(19)27)3-5-20(32)31-12-8-17(9-13-31)24(34)30-18(25(35)36)14-29-23(33)16-6-10-28-11-7-16/h2-7,10-11,17-18H,8-9,12-14H2,1H3,(H,29,33)(H,30,34)(H,35,36)/t18-/m0/s1. The number of carboxylic acids is 1. The number of piperidine rings is 1. The Balaban J connectivity index is 1.50. The fourth-order valence-electron chi connectivity index (χ4n) is 3.75. The summed E-state index contributed by atoms with van der Waals surface area (Å²) < 4.78 is 0. The predicted molar refractivity (Wildman–Crippen MR) is 143 cm³/mol. The van der Waals surface area contributed by atoms with E-state index in [1.54, 1.807) is 17.0 Å². The number of carbonyl (C=O) groups excluding carboxylic acids is 3. The average molecular weight is 565 g/mol. The van der Waals surface area contributed by atoms with E-state index >= 15 is 0 Å². The first kappa shape index (κ1) is 28.5. The molecule has 1 aliphatic rings. The molecule has 1 aliphatic heterocycles. The Labute approximate surface area is 228 Å². The van der Waals surface area contributed by atoms with Crippen LogP contribution in [0.2, 0.25) is 10.0 Å². The van der Waals surface area contributed by atoms with Crippen LogP contribution in [0.3, 0.4) is 0 Å². The topological polar surface area (TPSA) is 129 Å². The van der Waals surface area contributed by atoms with Crippen molar-refractivity contribution in [3.05, 3.63) is 63.9 Å². The number of amides is 3. The number of thioether (sulfide) groups is 1. The van der Waals surface area contributed by atoms with Gasteiger partial charge in [-0.3, -0.25) is 19.4 Å². The molecule has 196 valence electrons. The van der Waals surface area contributed by atoms with Gasteiger partial charge in [0.05, 0.1) is 10.0 Å². The largest absolute Gasteiger partial charge is 0.480 e. The first-order chi connectivity index (χ1) is 17.7. The van der Waals surface area contributed by atoms with Crippen molar-refractivity contribution in [2.75, 3.05) is 25.9 Å². The van der Waals surface area contributed by atoms with Crippen LogP contribution in [-0.2, 0) is 14.4 Å². The van der Waals surface area contributed by atoms with E-state index in [0.717, 1.165) is 4.90 Å². The molecule has 1 saturated heterocycles. The van der Waals surface area contributed by atoms with E-state index in [9.17, 15) is 24.3 Å². The van der Waals surface area contributed by atoms with Gasteiger partial charge in [-0.2, -0.15) is 0 Å². The van der Waals surface area contributed by atoms with E-state index in [1.807, 2.05) is 12.3 Å². The zero-order valence-electron chi connectivity index (χ0n) is 19.9. The number of halogens is 2. The lowest BCUT2D eigenvalue weighted by molar-refractivity contribution is -0.142. The third-order valence-electron chi connectivity index (χ3n) is 5.90. The zero-order valence-corrected chi connectivity index (χ0v) is 22.3. The molecule has 9 nitrogen and oxygen atoms in total. The Bertz CT molecular complexity index is 1190. The van der Waals surface area contributed by atoms with Crippen LogP contribution in [0.1, 0.15) is 28.8 Å². The molecule has 37 heavy (non-hydrogen) atoms. The Morgan fingerprint density at radius 2 is 1.81 bits per heavy atom. The summed E-state index contributed by atoms with van der Waals surface area (Å²) in [4.78, 5) is 55.4. The minimum absolute atomic E-state index is 0.220. The Kier molecular flexibility index (Phi) is 10.4. The van der Waals surface area contributed by atoms with Gasteiger partial charge in [0.15, 0.2) is 0 Å². The van der Waals surface area contributed by atoms with Crippen LogP contribution in [0.4, 0.5) is 0 Å². The number of carboxylic acid groups (broad SMARTS) is 1. The number of hydrogen-bond acceptors (Lipinski definition) is 6. The molecule has 0 unspecified atom stereocenters. The summed E-state index contributed by atoms with van der Waals surface area (Å²) >= 11 is 14.0. The van der Waals surface area contributed by atoms with Gasteiger partial charge in [0.1, 0.15) is 6.04 Å². The first-order valence-electron chi connectivity index (χ1n) is 11.4. The quantitative estimate of drug-likeness (QED) is 0.314. The van der Waals surface area contributed by atoms with Crippen LogP contribution < -0.4 is 10.6 Å². The van der Waals surface area contributed by atoms with Crippen molar-refractivity contribution in [2.45, 2.75) is 23.8 Å². The molecule has 2 heterocycles. The summed E-state index contributed by atoms with van der Waals surface area (Å²) in [5.74, 6) is -2.82. The number of rotatable bonds is 9. The van der Waals surface area contributed by atoms with Gasteiger partial charge in [0, 0.05) is 54.5 Å². The summed E-state index contributed by atoms with van der Waals surface area (Å²) in [6.45, 7) is 0.421. The van der Waals surface area contributed by atoms with Crippen molar-refractivity contribution in [2.24, 2.45) is 5.92 Å². The minimum Gasteiger partial charge on any atom is -0.480 e. The summed E-state index contributed by atoms with van der Waals surface area (Å²) in [6, 6.07) is 5.34. The van der Waals surface area contributed by atoms with Gasteiger partial charge in [-0.05, 0) is 48.9 Å². The van der Waals surface area contributed by atoms with Gasteiger partial charge in [-0.25, -0.2) is 4.79 Å². The third-order valence-corrected chi connectivity index (χ3v) is 7.69. The fraction of sp³-hybridized carbons (Fsp3) is 0.320. The highest BCUT2D eigenvalue weighted by molar-refractivity contribution is 7.98. The third kappa shape index (κ3) is 7.70. The number of hydrogen-bond donors (Lipinski definition) is 3. The lowest BCUT2D eigenvalue weighted by Gasteiger charge is -2.31. The Hall–Kier alpha value is -3.08. The Morgan fingerprint density at radius 1 is 1.14 bits per heavy atom. The molecule has 1 fully saturated rings. The van der Waals surface area contributed by atoms with Crippen molar-refractivity contribution in [3.8, 4) is 0 Å². The van der Waals surface area contributed by atoms with E-state index in [0.29, 0.717) is 47.1 Å². The van der Waals surface area contributed by atoms with Crippen LogP contribution in [0.5, 0.6) is 0 Å². The molecule has 3 rings (SSSR count). The van der Waals surface area contributed by atoms with E-state index < -0.39 is 29.7 Å². The molecular formula is C25H26Cl2N4O5S. The molecule has 0 radical (unpaired) electrons. The number of carbonyl (C=O) groups is 4. The van der Waals surface area contributed by atoms with E-state index in [1.165, 1.54) is 42.4 Å². The maximum atomic E-state index is 12.7. The monoisotopic (exact) mass is 564 g/mol. The molecule has 0 saturated carbocycles. The van der Waals surface area contributed by atoms with Gasteiger partial charge >= 0.3 is 5.97 Å². The summed E-state index contributed by atoms with van der Waals surface area (Å²) in [7, 11) is 0. The first-order valence-corrected chi connectivity index (χ1v) is 13.4. The lowest BCUT2D eigenvalue weighted by atomic mass is 9.95. The van der Waals surface area contributed by atoms with Crippen LogP contribution in [0, 0.1) is 5.92 Å². The molecule has 0 aliphatic carbocycles. The Morgan fingerprint density at radius 3 is 2.43 bits per heavy atom. The highest BCUT2D eigenvalue weighted by atomic mass is 35.5. The maximum absolute atomic E-state index is 12.7. The highest BCUT2D eigenvalue weighted by Crippen LogP contribution is 2.35. The SMILES string of the molecule is CSc1ccc(C=CC(=O)N2CCC(C(=O)N[C@@H](CNC(=O)c3ccncc3)C(=O)O)CC2)c(Cl)c1Cl. The molecule has 1 aromatic carbocycles. The minimum atomic E-state index is -1.28.